The van der Waals surface area contributed by atoms with Crippen LogP contribution in [0.3, 0.4) is 0 Å². The van der Waals surface area contributed by atoms with E-state index >= 15 is 0 Å². The van der Waals surface area contributed by atoms with E-state index < -0.39 is 9.85 Å². The summed E-state index contributed by atoms with van der Waals surface area (Å²) in [5.41, 5.74) is 0.555. The van der Waals surface area contributed by atoms with E-state index in [1.807, 2.05) is 0 Å². The van der Waals surface area contributed by atoms with Gasteiger partial charge in [0, 0.05) is 55.5 Å². The van der Waals surface area contributed by atoms with E-state index in [-0.39, 0.29) is 47.6 Å². The molecule has 0 bridgehead atoms. The predicted molar refractivity (Wildman–Crippen MR) is 148 cm³/mol. The molecule has 0 aliphatic heterocycles. The van der Waals surface area contributed by atoms with Crippen LogP contribution in [0.4, 0.5) is 11.4 Å². The second-order valence-electron chi connectivity index (χ2n) is 7.92. The van der Waals surface area contributed by atoms with Crippen molar-refractivity contribution in [2.24, 2.45) is 0 Å². The van der Waals surface area contributed by atoms with E-state index in [2.05, 4.69) is 0 Å². The fraction of sp³-hybridized carbons (Fsp3) is 0.0769. The Morgan fingerprint density at radius 3 is 1.36 bits per heavy atom. The number of rotatable bonds is 10. The number of hydrogen-bond donors (Lipinski definition) is 0. The first-order chi connectivity index (χ1) is 18.6. The van der Waals surface area contributed by atoms with Crippen LogP contribution in [0.5, 0.6) is 23.0 Å². The van der Waals surface area contributed by atoms with Gasteiger partial charge in [0.05, 0.1) is 9.85 Å². The number of nitro groups is 2. The van der Waals surface area contributed by atoms with Crippen molar-refractivity contribution in [2.75, 3.05) is 0 Å². The van der Waals surface area contributed by atoms with Crippen LogP contribution in [0.15, 0.2) is 72.8 Å². The van der Waals surface area contributed by atoms with E-state index in [0.29, 0.717) is 31.2 Å². The lowest BCUT2D eigenvalue weighted by molar-refractivity contribution is -0.386. The molecule has 4 rings (SSSR count). The number of hydrogen-bond acceptors (Lipinski definition) is 7. The maximum atomic E-state index is 11.5. The van der Waals surface area contributed by atoms with Gasteiger partial charge < -0.3 is 14.2 Å². The lowest BCUT2D eigenvalue weighted by Gasteiger charge is -2.12. The summed E-state index contributed by atoms with van der Waals surface area (Å²) in [5, 5.41) is 24.6. The normalized spacial score (nSPS) is 10.7. The minimum absolute atomic E-state index is 0.0664. The van der Waals surface area contributed by atoms with Crippen molar-refractivity contribution >= 4 is 57.8 Å². The van der Waals surface area contributed by atoms with Crippen molar-refractivity contribution in [2.45, 2.75) is 13.2 Å². The molecule has 0 unspecified atom stereocenters. The fourth-order valence-corrected chi connectivity index (χ4v) is 4.30. The van der Waals surface area contributed by atoms with Crippen molar-refractivity contribution in [3.05, 3.63) is 124 Å². The summed E-state index contributed by atoms with van der Waals surface area (Å²) in [7, 11) is 0. The monoisotopic (exact) mass is 608 g/mol. The summed E-state index contributed by atoms with van der Waals surface area (Å²) >= 11 is 24.2. The minimum Gasteiger partial charge on any atom is -0.482 e. The molecule has 200 valence electrons. The number of nitro benzene ring substituents is 2. The van der Waals surface area contributed by atoms with Crippen LogP contribution >= 0.6 is 46.4 Å². The highest BCUT2D eigenvalue weighted by molar-refractivity contribution is 6.35. The van der Waals surface area contributed by atoms with Crippen molar-refractivity contribution in [1.82, 2.24) is 0 Å². The highest BCUT2D eigenvalue weighted by Gasteiger charge is 2.20. The largest absolute Gasteiger partial charge is 0.482 e. The molecule has 0 spiro atoms. The Bertz CT molecular complexity index is 1450. The maximum absolute atomic E-state index is 11.5. The topological polar surface area (TPSA) is 114 Å². The average molecular weight is 610 g/mol. The molecule has 4 aromatic carbocycles. The number of halogens is 4. The summed E-state index contributed by atoms with van der Waals surface area (Å²) < 4.78 is 17.2. The molecule has 0 aliphatic rings. The standard InChI is InChI=1S/C26H16Cl4N2O7/c27-17-3-1-15(21(29)9-17)13-37-25-11-19(5-7-23(25)31(33)34)39-20-6-8-24(32(35)36)26(12-20)38-14-16-2-4-18(28)10-22(16)30/h1-12H,13-14H2. The van der Waals surface area contributed by atoms with Gasteiger partial charge in [-0.3, -0.25) is 20.2 Å². The second kappa shape index (κ2) is 12.4. The summed E-state index contributed by atoms with van der Waals surface area (Å²) in [6.45, 7) is -0.133. The van der Waals surface area contributed by atoms with Crippen LogP contribution in [-0.4, -0.2) is 9.85 Å². The Hall–Kier alpha value is -3.76. The lowest BCUT2D eigenvalue weighted by atomic mass is 10.2. The first kappa shape index (κ1) is 28.3. The molecule has 0 aliphatic carbocycles. The Balaban J connectivity index is 1.56. The molecule has 9 nitrogen and oxygen atoms in total. The zero-order valence-corrected chi connectivity index (χ0v) is 22.6. The molecule has 0 amide bonds. The molecule has 4 aromatic rings. The van der Waals surface area contributed by atoms with Crippen molar-refractivity contribution in [1.29, 1.82) is 0 Å². The van der Waals surface area contributed by atoms with Gasteiger partial charge >= 0.3 is 11.4 Å². The quantitative estimate of drug-likeness (QED) is 0.130. The van der Waals surface area contributed by atoms with Gasteiger partial charge in [-0.25, -0.2) is 0 Å². The minimum atomic E-state index is -0.595. The number of benzene rings is 4. The highest BCUT2D eigenvalue weighted by Crippen LogP contribution is 2.37. The van der Waals surface area contributed by atoms with Gasteiger partial charge in [-0.2, -0.15) is 0 Å². The molecule has 0 fully saturated rings. The van der Waals surface area contributed by atoms with E-state index in [0.717, 1.165) is 0 Å². The average Bonchev–Trinajstić information content (AvgIpc) is 2.87. The van der Waals surface area contributed by atoms with Gasteiger partial charge in [0.25, 0.3) is 0 Å². The van der Waals surface area contributed by atoms with E-state index in [4.69, 9.17) is 60.6 Å². The van der Waals surface area contributed by atoms with Crippen LogP contribution < -0.4 is 14.2 Å². The van der Waals surface area contributed by atoms with Gasteiger partial charge in [0.2, 0.25) is 11.5 Å². The third kappa shape index (κ3) is 7.21. The molecular formula is C26H16Cl4N2O7. The van der Waals surface area contributed by atoms with Crippen LogP contribution in [0.2, 0.25) is 20.1 Å². The SMILES string of the molecule is O=[N+]([O-])c1ccc(Oc2ccc([N+](=O)[O-])c(OCc3ccc(Cl)cc3Cl)c2)cc1OCc1ccc(Cl)cc1Cl. The van der Waals surface area contributed by atoms with Crippen molar-refractivity contribution < 1.29 is 24.1 Å². The zero-order valence-electron chi connectivity index (χ0n) is 19.6. The molecule has 0 heterocycles. The molecule has 0 aromatic heterocycles. The molecule has 0 N–H and O–H groups in total. The van der Waals surface area contributed by atoms with Crippen LogP contribution in [0.1, 0.15) is 11.1 Å². The molecule has 0 atom stereocenters. The lowest BCUT2D eigenvalue weighted by Crippen LogP contribution is -2.01. The van der Waals surface area contributed by atoms with E-state index in [1.165, 1.54) is 48.5 Å². The van der Waals surface area contributed by atoms with E-state index in [1.54, 1.807) is 24.3 Å². The Morgan fingerprint density at radius 2 is 1.00 bits per heavy atom. The summed E-state index contributed by atoms with van der Waals surface area (Å²) in [5.74, 6) is 0.218. The number of ether oxygens (including phenoxy) is 3. The van der Waals surface area contributed by atoms with Crippen LogP contribution in [0.25, 0.3) is 0 Å². The molecule has 0 radical (unpaired) electrons. The predicted octanol–water partition coefficient (Wildman–Crippen LogP) is 9.07. The van der Waals surface area contributed by atoms with Crippen molar-refractivity contribution in [3.63, 3.8) is 0 Å². The Labute approximate surface area is 241 Å². The van der Waals surface area contributed by atoms with Crippen LogP contribution in [-0.2, 0) is 13.2 Å². The summed E-state index contributed by atoms with van der Waals surface area (Å²) in [6, 6.07) is 17.4. The number of nitrogens with zero attached hydrogens (tertiary/aromatic N) is 2. The van der Waals surface area contributed by atoms with Gasteiger partial charge in [-0.05, 0) is 36.4 Å². The molecule has 0 saturated heterocycles. The highest BCUT2D eigenvalue weighted by atomic mass is 35.5. The molecule has 39 heavy (non-hydrogen) atoms. The summed E-state index contributed by atoms with van der Waals surface area (Å²) in [4.78, 5) is 21.9. The fourth-order valence-electron chi connectivity index (χ4n) is 3.37. The van der Waals surface area contributed by atoms with Gasteiger partial charge in [-0.1, -0.05) is 58.5 Å². The van der Waals surface area contributed by atoms with E-state index in [9.17, 15) is 20.2 Å². The van der Waals surface area contributed by atoms with Gasteiger partial charge in [0.15, 0.2) is 0 Å². The Morgan fingerprint density at radius 1 is 0.590 bits per heavy atom. The van der Waals surface area contributed by atoms with Gasteiger partial charge in [0.1, 0.15) is 24.7 Å². The first-order valence-corrected chi connectivity index (χ1v) is 12.5. The molecular weight excluding hydrogens is 594 g/mol. The second-order valence-corrected chi connectivity index (χ2v) is 9.61. The third-order valence-corrected chi connectivity index (χ3v) is 6.46. The summed E-state index contributed by atoms with van der Waals surface area (Å²) in [6.07, 6.45) is 0. The van der Waals surface area contributed by atoms with Crippen LogP contribution in [0, 0.1) is 20.2 Å². The zero-order chi connectivity index (χ0) is 28.1. The first-order valence-electron chi connectivity index (χ1n) is 11.0. The maximum Gasteiger partial charge on any atom is 0.311 e. The molecule has 13 heteroatoms. The smallest absolute Gasteiger partial charge is 0.311 e. The van der Waals surface area contributed by atoms with Gasteiger partial charge in [-0.15, -0.1) is 0 Å². The third-order valence-electron chi connectivity index (χ3n) is 5.29. The Kier molecular flexibility index (Phi) is 8.98. The molecule has 0 saturated carbocycles. The van der Waals surface area contributed by atoms with Crippen molar-refractivity contribution in [3.8, 4) is 23.0 Å².